The Bertz CT molecular complexity index is 756. The number of aromatic nitrogens is 2. The molecule has 23 heavy (non-hydrogen) atoms. The van der Waals surface area contributed by atoms with E-state index in [0.29, 0.717) is 13.1 Å². The number of carbonyl (C=O) groups excluding carboxylic acids is 2. The van der Waals surface area contributed by atoms with Crippen molar-refractivity contribution in [2.24, 2.45) is 0 Å². The van der Waals surface area contributed by atoms with Gasteiger partial charge in [0.15, 0.2) is 5.16 Å². The zero-order valence-electron chi connectivity index (χ0n) is 13.1. The summed E-state index contributed by atoms with van der Waals surface area (Å²) in [6.07, 6.45) is 3.59. The molecule has 7 heteroatoms. The molecule has 0 unspecified atom stereocenters. The summed E-state index contributed by atoms with van der Waals surface area (Å²) in [5.74, 6) is -0.00502. The Morgan fingerprint density at radius 1 is 1.35 bits per heavy atom. The van der Waals surface area contributed by atoms with Gasteiger partial charge in [-0.3, -0.25) is 14.3 Å². The molecule has 2 heterocycles. The summed E-state index contributed by atoms with van der Waals surface area (Å²) >= 11 is 1.34. The van der Waals surface area contributed by atoms with Crippen LogP contribution in [0, 0.1) is 13.8 Å². The van der Waals surface area contributed by atoms with E-state index >= 15 is 0 Å². The van der Waals surface area contributed by atoms with Gasteiger partial charge in [0.2, 0.25) is 5.91 Å². The molecular formula is C16H18N4O2S. The topological polar surface area (TPSA) is 67.2 Å². The van der Waals surface area contributed by atoms with Crippen molar-refractivity contribution in [3.8, 4) is 5.69 Å². The number of rotatable bonds is 4. The molecule has 1 aliphatic heterocycles. The highest BCUT2D eigenvalue weighted by Crippen LogP contribution is 2.22. The van der Waals surface area contributed by atoms with Crippen molar-refractivity contribution < 1.29 is 9.59 Å². The first-order chi connectivity index (χ1) is 11.1. The maximum atomic E-state index is 12.1. The minimum atomic E-state index is -0.312. The Balaban J connectivity index is 1.72. The minimum Gasteiger partial charge on any atom is -0.336 e. The fourth-order valence-electron chi connectivity index (χ4n) is 2.38. The number of benzene rings is 1. The molecule has 1 aliphatic rings. The third-order valence-electron chi connectivity index (χ3n) is 3.86. The van der Waals surface area contributed by atoms with E-state index in [2.05, 4.69) is 36.3 Å². The van der Waals surface area contributed by atoms with Crippen molar-refractivity contribution in [1.29, 1.82) is 0 Å². The fraction of sp³-hybridized carbons (Fsp3) is 0.312. The number of imide groups is 1. The van der Waals surface area contributed by atoms with Crippen molar-refractivity contribution in [1.82, 2.24) is 19.8 Å². The normalized spacial score (nSPS) is 14.2. The van der Waals surface area contributed by atoms with Crippen LogP contribution in [0.4, 0.5) is 4.79 Å². The molecule has 1 N–H and O–H groups in total. The van der Waals surface area contributed by atoms with Crippen LogP contribution < -0.4 is 5.32 Å². The number of hydrogen-bond acceptors (Lipinski definition) is 4. The largest absolute Gasteiger partial charge is 0.336 e. The minimum absolute atomic E-state index is 0.190. The predicted octanol–water partition coefficient (Wildman–Crippen LogP) is 2.13. The average molecular weight is 330 g/mol. The van der Waals surface area contributed by atoms with Crippen LogP contribution in [0.15, 0.2) is 35.7 Å². The summed E-state index contributed by atoms with van der Waals surface area (Å²) in [6.45, 7) is 5.09. The summed E-state index contributed by atoms with van der Waals surface area (Å²) in [5, 5.41) is 3.37. The lowest BCUT2D eigenvalue weighted by atomic mass is 10.1. The molecule has 1 aromatic carbocycles. The highest BCUT2D eigenvalue weighted by Gasteiger charge is 2.26. The molecule has 0 spiro atoms. The van der Waals surface area contributed by atoms with E-state index in [0.717, 1.165) is 10.8 Å². The van der Waals surface area contributed by atoms with E-state index in [-0.39, 0.29) is 17.7 Å². The number of nitrogens with zero attached hydrogens (tertiary/aromatic N) is 3. The second-order valence-electron chi connectivity index (χ2n) is 5.41. The lowest BCUT2D eigenvalue weighted by Gasteiger charge is -2.12. The van der Waals surface area contributed by atoms with Crippen LogP contribution in [-0.4, -0.2) is 45.2 Å². The van der Waals surface area contributed by atoms with Crippen molar-refractivity contribution in [3.05, 3.63) is 41.7 Å². The van der Waals surface area contributed by atoms with Crippen LogP contribution >= 0.6 is 11.8 Å². The summed E-state index contributed by atoms with van der Waals surface area (Å²) in [4.78, 5) is 29.2. The van der Waals surface area contributed by atoms with E-state index < -0.39 is 0 Å². The van der Waals surface area contributed by atoms with Gasteiger partial charge in [0.05, 0.1) is 5.75 Å². The third-order valence-corrected chi connectivity index (χ3v) is 4.81. The number of amides is 3. The first kappa shape index (κ1) is 15.6. The van der Waals surface area contributed by atoms with Crippen molar-refractivity contribution in [2.75, 3.05) is 18.8 Å². The Hall–Kier alpha value is -2.28. The number of imidazole rings is 1. The van der Waals surface area contributed by atoms with Gasteiger partial charge in [0.25, 0.3) is 0 Å². The molecular weight excluding hydrogens is 312 g/mol. The fourth-order valence-corrected chi connectivity index (χ4v) is 3.23. The summed E-state index contributed by atoms with van der Waals surface area (Å²) in [5.41, 5.74) is 3.45. The zero-order valence-corrected chi connectivity index (χ0v) is 13.9. The molecule has 0 bridgehead atoms. The lowest BCUT2D eigenvalue weighted by molar-refractivity contribution is -0.124. The molecule has 3 amide bonds. The van der Waals surface area contributed by atoms with Gasteiger partial charge in [-0.25, -0.2) is 9.78 Å². The second kappa shape index (κ2) is 6.45. The Morgan fingerprint density at radius 2 is 2.17 bits per heavy atom. The number of thioether (sulfide) groups is 1. The third kappa shape index (κ3) is 3.24. The van der Waals surface area contributed by atoms with Crippen molar-refractivity contribution >= 4 is 23.7 Å². The molecule has 0 radical (unpaired) electrons. The Kier molecular flexibility index (Phi) is 4.38. The first-order valence-corrected chi connectivity index (χ1v) is 8.37. The smallest absolute Gasteiger partial charge is 0.324 e. The van der Waals surface area contributed by atoms with E-state index in [1.807, 2.05) is 16.8 Å². The molecule has 2 aromatic rings. The van der Waals surface area contributed by atoms with Crippen LogP contribution in [0.25, 0.3) is 5.69 Å². The van der Waals surface area contributed by atoms with Gasteiger partial charge in [0, 0.05) is 31.2 Å². The predicted molar refractivity (Wildman–Crippen MR) is 88.9 cm³/mol. The van der Waals surface area contributed by atoms with E-state index in [1.54, 1.807) is 6.20 Å². The Morgan fingerprint density at radius 3 is 2.87 bits per heavy atom. The van der Waals surface area contributed by atoms with E-state index in [1.165, 1.54) is 27.8 Å². The van der Waals surface area contributed by atoms with Crippen LogP contribution in [-0.2, 0) is 4.79 Å². The Labute approximate surface area is 138 Å². The number of nitrogens with one attached hydrogen (secondary N) is 1. The van der Waals surface area contributed by atoms with E-state index in [4.69, 9.17) is 0 Å². The lowest BCUT2D eigenvalue weighted by Crippen LogP contribution is -2.35. The van der Waals surface area contributed by atoms with Crippen LogP contribution in [0.2, 0.25) is 0 Å². The van der Waals surface area contributed by atoms with Gasteiger partial charge >= 0.3 is 6.03 Å². The standard InChI is InChI=1S/C16H18N4O2S/c1-11-3-4-13(9-12(11)2)19-7-6-18-16(19)23-10-14(21)20-8-5-17-15(20)22/h3-4,6-7,9H,5,8,10H2,1-2H3,(H,17,22). The summed E-state index contributed by atoms with van der Waals surface area (Å²) in [7, 11) is 0. The van der Waals surface area contributed by atoms with Gasteiger partial charge < -0.3 is 5.32 Å². The number of hydrogen-bond donors (Lipinski definition) is 1. The van der Waals surface area contributed by atoms with Gasteiger partial charge in [-0.05, 0) is 37.1 Å². The van der Waals surface area contributed by atoms with E-state index in [9.17, 15) is 9.59 Å². The van der Waals surface area contributed by atoms with Gasteiger partial charge in [0.1, 0.15) is 0 Å². The molecule has 3 rings (SSSR count). The summed E-state index contributed by atoms with van der Waals surface area (Å²) in [6, 6.07) is 5.88. The van der Waals surface area contributed by atoms with Gasteiger partial charge in [-0.2, -0.15) is 0 Å². The highest BCUT2D eigenvalue weighted by molar-refractivity contribution is 7.99. The second-order valence-corrected chi connectivity index (χ2v) is 6.36. The molecule has 0 atom stereocenters. The molecule has 1 aromatic heterocycles. The van der Waals surface area contributed by atoms with Crippen LogP contribution in [0.5, 0.6) is 0 Å². The molecule has 1 fully saturated rings. The SMILES string of the molecule is Cc1ccc(-n2ccnc2SCC(=O)N2CCNC2=O)cc1C. The maximum Gasteiger partial charge on any atom is 0.324 e. The van der Waals surface area contributed by atoms with Crippen LogP contribution in [0.1, 0.15) is 11.1 Å². The number of aryl methyl sites for hydroxylation is 2. The van der Waals surface area contributed by atoms with Crippen LogP contribution in [0.3, 0.4) is 0 Å². The molecule has 0 saturated carbocycles. The number of carbonyl (C=O) groups is 2. The average Bonchev–Trinajstić information content (AvgIpc) is 3.16. The summed E-state index contributed by atoms with van der Waals surface area (Å²) < 4.78 is 1.95. The molecule has 6 nitrogen and oxygen atoms in total. The van der Waals surface area contributed by atoms with Gasteiger partial charge in [-0.1, -0.05) is 17.8 Å². The van der Waals surface area contributed by atoms with Crippen molar-refractivity contribution in [2.45, 2.75) is 19.0 Å². The molecule has 1 saturated heterocycles. The monoisotopic (exact) mass is 330 g/mol. The molecule has 0 aliphatic carbocycles. The quantitative estimate of drug-likeness (QED) is 0.872. The first-order valence-electron chi connectivity index (χ1n) is 7.38. The van der Waals surface area contributed by atoms with Gasteiger partial charge in [-0.15, -0.1) is 0 Å². The highest BCUT2D eigenvalue weighted by atomic mass is 32.2. The zero-order chi connectivity index (χ0) is 16.4. The number of urea groups is 1. The maximum absolute atomic E-state index is 12.1. The van der Waals surface area contributed by atoms with Crippen molar-refractivity contribution in [3.63, 3.8) is 0 Å². The molecule has 120 valence electrons.